The van der Waals surface area contributed by atoms with Crippen molar-refractivity contribution in [3.05, 3.63) is 0 Å². The second-order valence-electron chi connectivity index (χ2n) is 6.89. The summed E-state index contributed by atoms with van der Waals surface area (Å²) in [5, 5.41) is 2.94. The quantitative estimate of drug-likeness (QED) is 0.849. The lowest BCUT2D eigenvalue weighted by Gasteiger charge is -2.45. The number of nitrogens with zero attached hydrogens (tertiary/aromatic N) is 2. The minimum atomic E-state index is -0.333. The van der Waals surface area contributed by atoms with Crippen LogP contribution in [-0.4, -0.2) is 59.9 Å². The van der Waals surface area contributed by atoms with E-state index in [2.05, 4.69) is 31.1 Å². The van der Waals surface area contributed by atoms with E-state index in [-0.39, 0.29) is 29.9 Å². The molecule has 2 atom stereocenters. The largest absolute Gasteiger partial charge is 0.342 e. The van der Waals surface area contributed by atoms with E-state index in [1.54, 1.807) is 0 Å². The Morgan fingerprint density at radius 1 is 1.24 bits per heavy atom. The maximum Gasteiger partial charge on any atom is 0.246 e. The van der Waals surface area contributed by atoms with Gasteiger partial charge in [-0.2, -0.15) is 0 Å². The average molecular weight is 295 g/mol. The van der Waals surface area contributed by atoms with Crippen LogP contribution in [0, 0.1) is 5.92 Å². The van der Waals surface area contributed by atoms with Gasteiger partial charge in [-0.1, -0.05) is 20.8 Å². The molecule has 2 aliphatic rings. The van der Waals surface area contributed by atoms with Crippen molar-refractivity contribution in [3.8, 4) is 0 Å². The Morgan fingerprint density at radius 3 is 2.38 bits per heavy atom. The fraction of sp³-hybridized carbons (Fsp3) is 0.875. The normalized spacial score (nSPS) is 29.1. The molecule has 2 saturated heterocycles. The molecule has 5 nitrogen and oxygen atoms in total. The van der Waals surface area contributed by atoms with Crippen molar-refractivity contribution in [1.82, 2.24) is 15.1 Å². The van der Waals surface area contributed by atoms with Crippen LogP contribution < -0.4 is 5.32 Å². The first-order valence-electron chi connectivity index (χ1n) is 8.25. The van der Waals surface area contributed by atoms with Crippen molar-refractivity contribution in [2.75, 3.05) is 20.1 Å². The van der Waals surface area contributed by atoms with E-state index in [4.69, 9.17) is 0 Å². The molecule has 2 rings (SSSR count). The van der Waals surface area contributed by atoms with Crippen LogP contribution in [0.5, 0.6) is 0 Å². The number of carbonyl (C=O) groups is 2. The first kappa shape index (κ1) is 16.3. The van der Waals surface area contributed by atoms with E-state index < -0.39 is 0 Å². The number of piperazine rings is 1. The predicted octanol–water partition coefficient (Wildman–Crippen LogP) is 1.23. The number of amides is 2. The van der Waals surface area contributed by atoms with Gasteiger partial charge >= 0.3 is 0 Å². The van der Waals surface area contributed by atoms with Crippen LogP contribution in [0.2, 0.25) is 0 Å². The van der Waals surface area contributed by atoms with Gasteiger partial charge in [-0.3, -0.25) is 9.59 Å². The van der Waals surface area contributed by atoms with Crippen LogP contribution in [0.1, 0.15) is 46.5 Å². The SMILES string of the molecule is CCC1C(=O)NC(CC(C)C)C(=O)N1C1CCN(C)CC1. The summed E-state index contributed by atoms with van der Waals surface area (Å²) < 4.78 is 0. The summed E-state index contributed by atoms with van der Waals surface area (Å²) in [7, 11) is 2.11. The van der Waals surface area contributed by atoms with Crippen LogP contribution >= 0.6 is 0 Å². The standard InChI is InChI=1S/C16H29N3O2/c1-5-14-15(20)17-13(10-11(2)3)16(21)19(14)12-6-8-18(4)9-7-12/h11-14H,5-10H2,1-4H3,(H,17,20). The van der Waals surface area contributed by atoms with Crippen LogP contribution in [0.4, 0.5) is 0 Å². The summed E-state index contributed by atoms with van der Waals surface area (Å²) >= 11 is 0. The van der Waals surface area contributed by atoms with Crippen molar-refractivity contribution in [2.45, 2.75) is 64.6 Å². The van der Waals surface area contributed by atoms with Crippen molar-refractivity contribution >= 4 is 11.8 Å². The van der Waals surface area contributed by atoms with Crippen LogP contribution in [-0.2, 0) is 9.59 Å². The second kappa shape index (κ2) is 6.77. The molecule has 2 unspecified atom stereocenters. The van der Waals surface area contributed by atoms with Gasteiger partial charge in [0.25, 0.3) is 0 Å². The number of rotatable bonds is 4. The topological polar surface area (TPSA) is 52.7 Å². The first-order chi connectivity index (χ1) is 9.93. The lowest BCUT2D eigenvalue weighted by atomic mass is 9.93. The number of likely N-dealkylation sites (tertiary alicyclic amines) is 1. The summed E-state index contributed by atoms with van der Waals surface area (Å²) in [5.74, 6) is 0.558. The summed E-state index contributed by atoms with van der Waals surface area (Å²) in [5.41, 5.74) is 0. The Bertz CT molecular complexity index is 389. The maximum absolute atomic E-state index is 12.9. The van der Waals surface area contributed by atoms with E-state index in [0.717, 1.165) is 32.4 Å². The molecule has 0 spiro atoms. The summed E-state index contributed by atoms with van der Waals surface area (Å²) in [6.07, 6.45) is 3.36. The zero-order valence-electron chi connectivity index (χ0n) is 13.8. The smallest absolute Gasteiger partial charge is 0.246 e. The van der Waals surface area contributed by atoms with E-state index in [1.807, 2.05) is 11.8 Å². The molecule has 0 aromatic heterocycles. The Morgan fingerprint density at radius 2 is 1.86 bits per heavy atom. The highest BCUT2D eigenvalue weighted by Crippen LogP contribution is 2.25. The minimum absolute atomic E-state index is 0.0293. The molecule has 21 heavy (non-hydrogen) atoms. The fourth-order valence-corrected chi connectivity index (χ4v) is 3.51. The van der Waals surface area contributed by atoms with Crippen LogP contribution in [0.15, 0.2) is 0 Å². The molecular weight excluding hydrogens is 266 g/mol. The number of hydrogen-bond donors (Lipinski definition) is 1. The first-order valence-corrected chi connectivity index (χ1v) is 8.25. The molecule has 2 aliphatic heterocycles. The Balaban J connectivity index is 2.16. The van der Waals surface area contributed by atoms with Gasteiger partial charge < -0.3 is 15.1 Å². The lowest BCUT2D eigenvalue weighted by Crippen LogP contribution is -2.66. The maximum atomic E-state index is 12.9. The average Bonchev–Trinajstić information content (AvgIpc) is 2.43. The van der Waals surface area contributed by atoms with Crippen LogP contribution in [0.3, 0.4) is 0 Å². The Labute approximate surface area is 128 Å². The molecule has 1 N–H and O–H groups in total. The highest BCUT2D eigenvalue weighted by molar-refractivity contribution is 5.97. The predicted molar refractivity (Wildman–Crippen MR) is 82.8 cm³/mol. The van der Waals surface area contributed by atoms with Crippen molar-refractivity contribution in [2.24, 2.45) is 5.92 Å². The molecule has 0 saturated carbocycles. The third-order valence-electron chi connectivity index (χ3n) is 4.68. The number of nitrogens with one attached hydrogen (secondary N) is 1. The fourth-order valence-electron chi connectivity index (χ4n) is 3.51. The third kappa shape index (κ3) is 3.57. The van der Waals surface area contributed by atoms with Gasteiger partial charge in [-0.15, -0.1) is 0 Å². The second-order valence-corrected chi connectivity index (χ2v) is 6.89. The molecule has 0 aromatic carbocycles. The summed E-state index contributed by atoms with van der Waals surface area (Å²) in [6, 6.07) is -0.395. The number of hydrogen-bond acceptors (Lipinski definition) is 3. The molecule has 2 fully saturated rings. The van der Waals surface area contributed by atoms with Crippen LogP contribution in [0.25, 0.3) is 0 Å². The zero-order chi connectivity index (χ0) is 15.6. The number of carbonyl (C=O) groups excluding carboxylic acids is 2. The lowest BCUT2D eigenvalue weighted by molar-refractivity contribution is -0.153. The Hall–Kier alpha value is -1.10. The molecule has 0 aliphatic carbocycles. The minimum Gasteiger partial charge on any atom is -0.342 e. The highest BCUT2D eigenvalue weighted by Gasteiger charge is 2.43. The molecule has 2 amide bonds. The summed E-state index contributed by atoms with van der Waals surface area (Å²) in [4.78, 5) is 29.4. The van der Waals surface area contributed by atoms with E-state index in [1.165, 1.54) is 0 Å². The molecule has 120 valence electrons. The van der Waals surface area contributed by atoms with Gasteiger partial charge in [-0.05, 0) is 51.7 Å². The molecule has 0 bridgehead atoms. The number of piperidine rings is 1. The van der Waals surface area contributed by atoms with Gasteiger partial charge in [0.05, 0.1) is 0 Å². The molecule has 0 aromatic rings. The molecule has 0 radical (unpaired) electrons. The van der Waals surface area contributed by atoms with Gasteiger partial charge in [-0.25, -0.2) is 0 Å². The molecule has 5 heteroatoms. The van der Waals surface area contributed by atoms with Gasteiger partial charge in [0.15, 0.2) is 0 Å². The Kier molecular flexibility index (Phi) is 5.25. The molecular formula is C16H29N3O2. The van der Waals surface area contributed by atoms with E-state index >= 15 is 0 Å². The van der Waals surface area contributed by atoms with Crippen molar-refractivity contribution < 1.29 is 9.59 Å². The monoisotopic (exact) mass is 295 g/mol. The van der Waals surface area contributed by atoms with Crippen molar-refractivity contribution in [1.29, 1.82) is 0 Å². The van der Waals surface area contributed by atoms with Crippen molar-refractivity contribution in [3.63, 3.8) is 0 Å². The molecule has 2 heterocycles. The van der Waals surface area contributed by atoms with Gasteiger partial charge in [0.2, 0.25) is 11.8 Å². The highest BCUT2D eigenvalue weighted by atomic mass is 16.2. The van der Waals surface area contributed by atoms with Gasteiger partial charge in [0.1, 0.15) is 12.1 Å². The summed E-state index contributed by atoms with van der Waals surface area (Å²) in [6.45, 7) is 8.17. The zero-order valence-corrected chi connectivity index (χ0v) is 13.8. The van der Waals surface area contributed by atoms with E-state index in [0.29, 0.717) is 12.3 Å². The van der Waals surface area contributed by atoms with Gasteiger partial charge in [0, 0.05) is 6.04 Å². The third-order valence-corrected chi connectivity index (χ3v) is 4.68. The van der Waals surface area contributed by atoms with E-state index in [9.17, 15) is 9.59 Å².